The van der Waals surface area contributed by atoms with Gasteiger partial charge in [0.15, 0.2) is 0 Å². The maximum Gasteiger partial charge on any atom is 0.0451 e. The zero-order chi connectivity index (χ0) is 10.8. The van der Waals surface area contributed by atoms with E-state index in [1.807, 2.05) is 32.0 Å². The van der Waals surface area contributed by atoms with Gasteiger partial charge in [0.2, 0.25) is 0 Å². The number of aliphatic hydroxyl groups is 1. The van der Waals surface area contributed by atoms with Crippen molar-refractivity contribution in [1.82, 2.24) is 0 Å². The standard InChI is InChI=1S/C11H18N2O/c1-8-3-4-9(12)7-10(8)11(2,13)5-6-14/h3-4,7,14H,5-6,12-13H2,1-2H3/t11-/m0/s1. The van der Waals surface area contributed by atoms with Crippen molar-refractivity contribution < 1.29 is 5.11 Å². The van der Waals surface area contributed by atoms with Crippen LogP contribution in [-0.2, 0) is 5.54 Å². The lowest BCUT2D eigenvalue weighted by molar-refractivity contribution is 0.247. The number of hydrogen-bond donors (Lipinski definition) is 3. The molecule has 0 fully saturated rings. The van der Waals surface area contributed by atoms with E-state index in [0.29, 0.717) is 12.1 Å². The molecule has 0 spiro atoms. The van der Waals surface area contributed by atoms with Gasteiger partial charge >= 0.3 is 0 Å². The van der Waals surface area contributed by atoms with Crippen molar-refractivity contribution in [2.24, 2.45) is 5.73 Å². The molecule has 0 amide bonds. The van der Waals surface area contributed by atoms with Gasteiger partial charge in [0.25, 0.3) is 0 Å². The van der Waals surface area contributed by atoms with Crippen LogP contribution in [0.15, 0.2) is 18.2 Å². The Kier molecular flexibility index (Phi) is 3.13. The van der Waals surface area contributed by atoms with E-state index in [4.69, 9.17) is 16.6 Å². The molecule has 1 rings (SSSR count). The Labute approximate surface area is 84.7 Å². The highest BCUT2D eigenvalue weighted by Gasteiger charge is 2.22. The topological polar surface area (TPSA) is 72.3 Å². The van der Waals surface area contributed by atoms with Crippen LogP contribution < -0.4 is 11.5 Å². The Morgan fingerprint density at radius 2 is 2.07 bits per heavy atom. The molecule has 0 unspecified atom stereocenters. The summed E-state index contributed by atoms with van der Waals surface area (Å²) in [6, 6.07) is 5.69. The molecule has 5 N–H and O–H groups in total. The smallest absolute Gasteiger partial charge is 0.0451 e. The lowest BCUT2D eigenvalue weighted by Crippen LogP contribution is -2.34. The summed E-state index contributed by atoms with van der Waals surface area (Å²) in [5.74, 6) is 0. The summed E-state index contributed by atoms with van der Waals surface area (Å²) in [5.41, 5.74) is 14.1. The Hall–Kier alpha value is -1.06. The molecule has 0 radical (unpaired) electrons. The molecule has 1 aromatic carbocycles. The molecule has 0 aliphatic rings. The van der Waals surface area contributed by atoms with E-state index in [1.165, 1.54) is 0 Å². The summed E-state index contributed by atoms with van der Waals surface area (Å²) >= 11 is 0. The van der Waals surface area contributed by atoms with Gasteiger partial charge in [0, 0.05) is 17.8 Å². The fourth-order valence-electron chi connectivity index (χ4n) is 1.62. The molecule has 0 aliphatic carbocycles. The highest BCUT2D eigenvalue weighted by molar-refractivity contribution is 5.46. The molecule has 3 nitrogen and oxygen atoms in total. The molecule has 1 aromatic rings. The quantitative estimate of drug-likeness (QED) is 0.632. The van der Waals surface area contributed by atoms with Crippen molar-refractivity contribution in [2.75, 3.05) is 12.3 Å². The summed E-state index contributed by atoms with van der Waals surface area (Å²) in [5, 5.41) is 8.91. The maximum absolute atomic E-state index is 8.91. The molecule has 14 heavy (non-hydrogen) atoms. The summed E-state index contributed by atoms with van der Waals surface area (Å²) in [6.45, 7) is 3.99. The number of benzene rings is 1. The van der Waals surface area contributed by atoms with Crippen LogP contribution in [0.5, 0.6) is 0 Å². The monoisotopic (exact) mass is 194 g/mol. The molecule has 0 heterocycles. The number of aliphatic hydroxyl groups excluding tert-OH is 1. The minimum Gasteiger partial charge on any atom is -0.399 e. The second kappa shape index (κ2) is 3.98. The molecular formula is C11H18N2O. The molecule has 3 heteroatoms. The summed E-state index contributed by atoms with van der Waals surface area (Å²) in [7, 11) is 0. The Morgan fingerprint density at radius 3 is 2.64 bits per heavy atom. The average molecular weight is 194 g/mol. The predicted octanol–water partition coefficient (Wildman–Crippen LogP) is 1.13. The fourth-order valence-corrected chi connectivity index (χ4v) is 1.62. The number of rotatable bonds is 3. The normalized spacial score (nSPS) is 15.1. The van der Waals surface area contributed by atoms with E-state index in [0.717, 1.165) is 11.1 Å². The van der Waals surface area contributed by atoms with E-state index in [2.05, 4.69) is 0 Å². The molecule has 0 saturated heterocycles. The lowest BCUT2D eigenvalue weighted by atomic mass is 9.87. The first-order chi connectivity index (χ1) is 6.47. The van der Waals surface area contributed by atoms with Crippen LogP contribution in [0.4, 0.5) is 5.69 Å². The third kappa shape index (κ3) is 2.25. The first-order valence-electron chi connectivity index (χ1n) is 4.74. The van der Waals surface area contributed by atoms with Crippen molar-refractivity contribution in [3.05, 3.63) is 29.3 Å². The minimum atomic E-state index is -0.506. The van der Waals surface area contributed by atoms with Gasteiger partial charge in [-0.05, 0) is 43.5 Å². The van der Waals surface area contributed by atoms with Crippen molar-refractivity contribution >= 4 is 5.69 Å². The number of aryl methyl sites for hydroxylation is 1. The van der Waals surface area contributed by atoms with Crippen LogP contribution in [0.3, 0.4) is 0 Å². The van der Waals surface area contributed by atoms with Crippen molar-refractivity contribution in [1.29, 1.82) is 0 Å². The largest absolute Gasteiger partial charge is 0.399 e. The highest BCUT2D eigenvalue weighted by atomic mass is 16.3. The molecular weight excluding hydrogens is 176 g/mol. The molecule has 0 saturated carbocycles. The van der Waals surface area contributed by atoms with Crippen LogP contribution in [0.1, 0.15) is 24.5 Å². The predicted molar refractivity (Wildman–Crippen MR) is 58.8 cm³/mol. The van der Waals surface area contributed by atoms with Crippen LogP contribution >= 0.6 is 0 Å². The zero-order valence-corrected chi connectivity index (χ0v) is 8.75. The van der Waals surface area contributed by atoms with Gasteiger partial charge < -0.3 is 16.6 Å². The second-order valence-electron chi connectivity index (χ2n) is 3.97. The molecule has 0 bridgehead atoms. The minimum absolute atomic E-state index is 0.0846. The average Bonchev–Trinajstić information content (AvgIpc) is 2.09. The SMILES string of the molecule is Cc1ccc(N)cc1[C@@](C)(N)CCO. The van der Waals surface area contributed by atoms with Crippen LogP contribution in [-0.4, -0.2) is 11.7 Å². The summed E-state index contributed by atoms with van der Waals surface area (Å²) in [4.78, 5) is 0. The molecule has 0 aliphatic heterocycles. The van der Waals surface area contributed by atoms with Crippen molar-refractivity contribution in [3.63, 3.8) is 0 Å². The van der Waals surface area contributed by atoms with Gasteiger partial charge in [-0.3, -0.25) is 0 Å². The van der Waals surface area contributed by atoms with Gasteiger partial charge in [-0.25, -0.2) is 0 Å². The van der Waals surface area contributed by atoms with Gasteiger partial charge in [-0.2, -0.15) is 0 Å². The Balaban J connectivity index is 3.10. The van der Waals surface area contributed by atoms with Gasteiger partial charge in [-0.15, -0.1) is 0 Å². The number of nitrogen functional groups attached to an aromatic ring is 1. The third-order valence-electron chi connectivity index (χ3n) is 2.51. The van der Waals surface area contributed by atoms with Crippen molar-refractivity contribution in [2.45, 2.75) is 25.8 Å². The van der Waals surface area contributed by atoms with Crippen LogP contribution in [0.25, 0.3) is 0 Å². The summed E-state index contributed by atoms with van der Waals surface area (Å²) in [6.07, 6.45) is 0.539. The van der Waals surface area contributed by atoms with E-state index in [9.17, 15) is 0 Å². The van der Waals surface area contributed by atoms with Gasteiger partial charge in [0.1, 0.15) is 0 Å². The lowest BCUT2D eigenvalue weighted by Gasteiger charge is -2.26. The number of anilines is 1. The van der Waals surface area contributed by atoms with E-state index in [-0.39, 0.29) is 6.61 Å². The van der Waals surface area contributed by atoms with Gasteiger partial charge in [0.05, 0.1) is 0 Å². The van der Waals surface area contributed by atoms with Crippen LogP contribution in [0, 0.1) is 6.92 Å². The second-order valence-corrected chi connectivity index (χ2v) is 3.97. The fraction of sp³-hybridized carbons (Fsp3) is 0.455. The highest BCUT2D eigenvalue weighted by Crippen LogP contribution is 2.26. The van der Waals surface area contributed by atoms with Gasteiger partial charge in [-0.1, -0.05) is 6.07 Å². The van der Waals surface area contributed by atoms with E-state index < -0.39 is 5.54 Å². The number of hydrogen-bond acceptors (Lipinski definition) is 3. The van der Waals surface area contributed by atoms with E-state index >= 15 is 0 Å². The van der Waals surface area contributed by atoms with E-state index in [1.54, 1.807) is 0 Å². The third-order valence-corrected chi connectivity index (χ3v) is 2.51. The molecule has 78 valence electrons. The number of nitrogens with two attached hydrogens (primary N) is 2. The summed E-state index contributed by atoms with van der Waals surface area (Å²) < 4.78 is 0. The molecule has 1 atom stereocenters. The Morgan fingerprint density at radius 1 is 1.43 bits per heavy atom. The zero-order valence-electron chi connectivity index (χ0n) is 8.75. The first kappa shape index (κ1) is 11.0. The van der Waals surface area contributed by atoms with Crippen molar-refractivity contribution in [3.8, 4) is 0 Å². The Bertz CT molecular complexity index is 321. The van der Waals surface area contributed by atoms with Crippen LogP contribution in [0.2, 0.25) is 0 Å². The first-order valence-corrected chi connectivity index (χ1v) is 4.74. The molecule has 0 aromatic heterocycles. The maximum atomic E-state index is 8.91.